The van der Waals surface area contributed by atoms with Crippen LogP contribution in [0.3, 0.4) is 0 Å². The molecule has 1 N–H and O–H groups in total. The van der Waals surface area contributed by atoms with E-state index in [0.717, 1.165) is 32.4 Å². The molecule has 0 aliphatic heterocycles. The van der Waals surface area contributed by atoms with Crippen molar-refractivity contribution in [3.05, 3.63) is 102 Å². The second-order valence-corrected chi connectivity index (χ2v) is 9.01. The van der Waals surface area contributed by atoms with E-state index in [9.17, 15) is 9.59 Å². The van der Waals surface area contributed by atoms with Crippen molar-refractivity contribution in [3.8, 4) is 11.3 Å². The largest absolute Gasteiger partial charge is 0.326 e. The monoisotopic (exact) mass is 478 g/mol. The molecule has 5 aromatic rings. The summed E-state index contributed by atoms with van der Waals surface area (Å²) in [5.41, 5.74) is 4.50. The summed E-state index contributed by atoms with van der Waals surface area (Å²) in [7, 11) is 0. The fraction of sp³-hybridized carbons (Fsp3) is 0.0714. The summed E-state index contributed by atoms with van der Waals surface area (Å²) >= 11 is 1.39. The van der Waals surface area contributed by atoms with Crippen LogP contribution in [0.4, 0.5) is 5.69 Å². The summed E-state index contributed by atoms with van der Waals surface area (Å²) in [5.74, 6) is -0.481. The van der Waals surface area contributed by atoms with Gasteiger partial charge < -0.3 is 9.88 Å². The number of carbonyl (C=O) groups excluding carboxylic acids is 2. The number of para-hydroxylation sites is 1. The molecule has 0 fully saturated rings. The maximum absolute atomic E-state index is 13.6. The van der Waals surface area contributed by atoms with E-state index in [1.807, 2.05) is 83.4 Å². The third kappa shape index (κ3) is 4.54. The van der Waals surface area contributed by atoms with E-state index in [0.29, 0.717) is 22.6 Å². The average Bonchev–Trinajstić information content (AvgIpc) is 3.19. The fourth-order valence-corrected chi connectivity index (χ4v) is 5.08. The summed E-state index contributed by atoms with van der Waals surface area (Å²) in [6.07, 6.45) is 1.77. The van der Waals surface area contributed by atoms with Crippen LogP contribution in [-0.4, -0.2) is 21.4 Å². The Bertz CT molecular complexity index is 1670. The second-order valence-electron chi connectivity index (χ2n) is 8.00. The normalized spacial score (nSPS) is 11.6. The Balaban J connectivity index is 1.67. The predicted octanol–water partition coefficient (Wildman–Crippen LogP) is 5.80. The van der Waals surface area contributed by atoms with Gasteiger partial charge in [0.2, 0.25) is 5.91 Å². The molecule has 0 aliphatic rings. The van der Waals surface area contributed by atoms with Crippen molar-refractivity contribution in [3.63, 3.8) is 0 Å². The first-order valence-corrected chi connectivity index (χ1v) is 11.9. The third-order valence-corrected chi connectivity index (χ3v) is 6.57. The minimum absolute atomic E-state index is 0.140. The van der Waals surface area contributed by atoms with Crippen LogP contribution >= 0.6 is 11.3 Å². The van der Waals surface area contributed by atoms with Gasteiger partial charge in [0.25, 0.3) is 5.91 Å². The van der Waals surface area contributed by atoms with Crippen LogP contribution in [0.15, 0.2) is 96.5 Å². The van der Waals surface area contributed by atoms with Gasteiger partial charge in [0.15, 0.2) is 4.80 Å². The fourth-order valence-electron chi connectivity index (χ4n) is 4.00. The lowest BCUT2D eigenvalue weighted by Gasteiger charge is -2.08. The molecule has 2 heterocycles. The van der Waals surface area contributed by atoms with Crippen LogP contribution < -0.4 is 10.1 Å². The van der Waals surface area contributed by atoms with Crippen molar-refractivity contribution in [2.24, 2.45) is 4.99 Å². The first-order valence-electron chi connectivity index (χ1n) is 11.1. The topological polar surface area (TPSA) is 76.3 Å². The van der Waals surface area contributed by atoms with Crippen molar-refractivity contribution < 1.29 is 9.59 Å². The molecule has 0 saturated heterocycles. The van der Waals surface area contributed by atoms with Crippen LogP contribution in [-0.2, 0) is 11.3 Å². The predicted molar refractivity (Wildman–Crippen MR) is 141 cm³/mol. The first-order chi connectivity index (χ1) is 17.0. The summed E-state index contributed by atoms with van der Waals surface area (Å²) in [4.78, 5) is 34.9. The van der Waals surface area contributed by atoms with Gasteiger partial charge in [-0.15, -0.1) is 6.58 Å². The highest BCUT2D eigenvalue weighted by molar-refractivity contribution is 7.16. The van der Waals surface area contributed by atoms with Gasteiger partial charge in [0, 0.05) is 30.1 Å². The molecule has 6 nitrogen and oxygen atoms in total. The molecular formula is C28H22N4O2S. The molecule has 0 radical (unpaired) electrons. The van der Waals surface area contributed by atoms with Gasteiger partial charge >= 0.3 is 0 Å². The number of hydrogen-bond acceptors (Lipinski definition) is 4. The summed E-state index contributed by atoms with van der Waals surface area (Å²) in [5, 5.41) is 3.55. The van der Waals surface area contributed by atoms with E-state index in [1.54, 1.807) is 6.08 Å². The van der Waals surface area contributed by atoms with Crippen molar-refractivity contribution in [1.82, 2.24) is 9.55 Å². The van der Waals surface area contributed by atoms with Crippen LogP contribution in [0.5, 0.6) is 0 Å². The van der Waals surface area contributed by atoms with E-state index in [4.69, 9.17) is 4.98 Å². The molecule has 0 bridgehead atoms. The third-order valence-electron chi connectivity index (χ3n) is 5.53. The van der Waals surface area contributed by atoms with Gasteiger partial charge in [0.05, 0.1) is 27.0 Å². The zero-order valence-corrected chi connectivity index (χ0v) is 19.9. The van der Waals surface area contributed by atoms with E-state index in [-0.39, 0.29) is 11.8 Å². The van der Waals surface area contributed by atoms with Gasteiger partial charge in [-0.3, -0.25) is 9.59 Å². The quantitative estimate of drug-likeness (QED) is 0.324. The number of thiazole rings is 1. The number of rotatable bonds is 5. The van der Waals surface area contributed by atoms with E-state index in [2.05, 4.69) is 16.9 Å². The number of fused-ring (bicyclic) bond motifs is 2. The number of nitrogens with one attached hydrogen (secondary N) is 1. The van der Waals surface area contributed by atoms with Crippen molar-refractivity contribution >= 4 is 50.0 Å². The Morgan fingerprint density at radius 2 is 1.83 bits per heavy atom. The second kappa shape index (κ2) is 9.48. The number of hydrogen-bond donors (Lipinski definition) is 1. The smallest absolute Gasteiger partial charge is 0.280 e. The maximum atomic E-state index is 13.6. The molecule has 3 aromatic carbocycles. The SMILES string of the molecule is C=CCn1c(=NC(=O)c2cc(-c3ccccc3)nc3ccccc23)sc2cc(NC(C)=O)ccc21. The Hall–Kier alpha value is -4.36. The lowest BCUT2D eigenvalue weighted by Crippen LogP contribution is -2.16. The number of nitrogens with zero attached hydrogens (tertiary/aromatic N) is 3. The number of benzene rings is 3. The van der Waals surface area contributed by atoms with Gasteiger partial charge in [-0.25, -0.2) is 4.98 Å². The Morgan fingerprint density at radius 3 is 2.60 bits per heavy atom. The number of anilines is 1. The van der Waals surface area contributed by atoms with Crippen molar-refractivity contribution in [2.75, 3.05) is 5.32 Å². The number of allylic oxidation sites excluding steroid dienone is 1. The summed E-state index contributed by atoms with van der Waals surface area (Å²) in [6, 6.07) is 24.8. The zero-order valence-electron chi connectivity index (χ0n) is 19.1. The Kier molecular flexibility index (Phi) is 6.08. The molecule has 0 unspecified atom stereocenters. The van der Waals surface area contributed by atoms with Crippen LogP contribution in [0.25, 0.3) is 32.4 Å². The number of carbonyl (C=O) groups is 2. The van der Waals surface area contributed by atoms with E-state index >= 15 is 0 Å². The molecule has 0 aliphatic carbocycles. The van der Waals surface area contributed by atoms with Crippen LogP contribution in [0.1, 0.15) is 17.3 Å². The maximum Gasteiger partial charge on any atom is 0.280 e. The molecule has 172 valence electrons. The van der Waals surface area contributed by atoms with Gasteiger partial charge in [-0.1, -0.05) is 65.9 Å². The van der Waals surface area contributed by atoms with Crippen LogP contribution in [0.2, 0.25) is 0 Å². The number of aromatic nitrogens is 2. The van der Waals surface area contributed by atoms with Crippen molar-refractivity contribution in [2.45, 2.75) is 13.5 Å². The lowest BCUT2D eigenvalue weighted by atomic mass is 10.0. The highest BCUT2D eigenvalue weighted by atomic mass is 32.1. The molecule has 5 rings (SSSR count). The molecule has 2 aromatic heterocycles. The number of pyridine rings is 1. The highest BCUT2D eigenvalue weighted by Crippen LogP contribution is 2.26. The standard InChI is InChI=1S/C28H22N4O2S/c1-3-15-32-25-14-13-20(29-18(2)33)16-26(25)35-28(32)31-27(34)22-17-24(19-9-5-4-6-10-19)30-23-12-8-7-11-21(22)23/h3-14,16-17H,1,15H2,2H3,(H,29,33). The molecule has 0 saturated carbocycles. The molecular weight excluding hydrogens is 456 g/mol. The van der Waals surface area contributed by atoms with Gasteiger partial charge in [-0.2, -0.15) is 4.99 Å². The molecule has 35 heavy (non-hydrogen) atoms. The Labute approximate surface area is 205 Å². The minimum atomic E-state index is -0.341. The first kappa shape index (κ1) is 22.4. The minimum Gasteiger partial charge on any atom is -0.326 e. The molecule has 0 spiro atoms. The average molecular weight is 479 g/mol. The lowest BCUT2D eigenvalue weighted by molar-refractivity contribution is -0.114. The van der Waals surface area contributed by atoms with Crippen molar-refractivity contribution in [1.29, 1.82) is 0 Å². The summed E-state index contributed by atoms with van der Waals surface area (Å²) < 4.78 is 2.86. The zero-order chi connectivity index (χ0) is 24.4. The van der Waals surface area contributed by atoms with E-state index in [1.165, 1.54) is 18.3 Å². The Morgan fingerprint density at radius 1 is 1.06 bits per heavy atom. The molecule has 2 amide bonds. The molecule has 7 heteroatoms. The van der Waals surface area contributed by atoms with E-state index < -0.39 is 0 Å². The number of amides is 2. The molecule has 0 atom stereocenters. The van der Waals surface area contributed by atoms with Crippen LogP contribution in [0, 0.1) is 0 Å². The van der Waals surface area contributed by atoms with Gasteiger partial charge in [0.1, 0.15) is 0 Å². The van der Waals surface area contributed by atoms with Gasteiger partial charge in [-0.05, 0) is 30.3 Å². The summed E-state index contributed by atoms with van der Waals surface area (Å²) in [6.45, 7) is 5.82. The highest BCUT2D eigenvalue weighted by Gasteiger charge is 2.15.